The molecule has 1 heterocycles. The van der Waals surface area contributed by atoms with E-state index in [-0.39, 0.29) is 10.6 Å². The Morgan fingerprint density at radius 2 is 1.48 bits per heavy atom. The van der Waals surface area contributed by atoms with Crippen LogP contribution in [0.2, 0.25) is 0 Å². The average Bonchev–Trinajstić information content (AvgIpc) is 2.98. The van der Waals surface area contributed by atoms with Crippen LogP contribution in [0.5, 0.6) is 5.75 Å². The van der Waals surface area contributed by atoms with Crippen molar-refractivity contribution in [1.29, 1.82) is 0 Å². The smallest absolute Gasteiger partial charge is 0.259 e. The number of anilines is 1. The van der Waals surface area contributed by atoms with Crippen molar-refractivity contribution < 1.29 is 9.53 Å². The van der Waals surface area contributed by atoms with Gasteiger partial charge in [-0.1, -0.05) is 33.8 Å². The molecule has 0 aromatic heterocycles. The largest absolute Gasteiger partial charge is 0.497 e. The van der Waals surface area contributed by atoms with Crippen molar-refractivity contribution in [2.75, 3.05) is 35.0 Å². The summed E-state index contributed by atoms with van der Waals surface area (Å²) in [4.78, 5) is 16.2. The van der Waals surface area contributed by atoms with Gasteiger partial charge in [-0.15, -0.1) is 47.0 Å². The van der Waals surface area contributed by atoms with Gasteiger partial charge in [0, 0.05) is 11.6 Å². The van der Waals surface area contributed by atoms with Crippen molar-refractivity contribution in [3.8, 4) is 5.75 Å². The number of rotatable bonds is 14. The Bertz CT molecular complexity index is 640. The number of nitrogens with zero attached hydrogens (tertiary/aromatic N) is 1. The van der Waals surface area contributed by atoms with Crippen LogP contribution in [-0.4, -0.2) is 40.7 Å². The van der Waals surface area contributed by atoms with Crippen molar-refractivity contribution in [1.82, 2.24) is 0 Å². The number of hydrogen-bond donors (Lipinski definition) is 0. The third kappa shape index (κ3) is 5.78. The highest BCUT2D eigenvalue weighted by molar-refractivity contribution is 8.19. The SMILES string of the molecule is CCCSC(SCCC)N1C(=O)C(SCCC)(SCCC)c2ccc(OC)cc21. The van der Waals surface area contributed by atoms with E-state index in [1.54, 1.807) is 7.11 Å². The zero-order chi connectivity index (χ0) is 21.3. The molecular weight excluding hydrogens is 439 g/mol. The van der Waals surface area contributed by atoms with Gasteiger partial charge in [-0.3, -0.25) is 9.69 Å². The number of methoxy groups -OCH3 is 1. The zero-order valence-corrected chi connectivity index (χ0v) is 21.6. The Hall–Kier alpha value is -0.110. The molecule has 0 bridgehead atoms. The van der Waals surface area contributed by atoms with E-state index in [0.29, 0.717) is 0 Å². The molecule has 0 atom stereocenters. The van der Waals surface area contributed by atoms with Crippen molar-refractivity contribution in [2.24, 2.45) is 0 Å². The first kappa shape index (κ1) is 25.2. The quantitative estimate of drug-likeness (QED) is 0.269. The molecule has 164 valence electrons. The number of carbonyl (C=O) groups excluding carboxylic acids is 1. The standard InChI is InChI=1S/C22H35NO2S4/c1-6-12-26-21(27-13-7-2)23-19-16-17(25-5)10-11-18(19)22(20(23)24,28-14-8-3)29-15-9-4/h10-11,16,21H,6-9,12-15H2,1-5H3. The number of fused-ring (bicyclic) bond motifs is 1. The second kappa shape index (κ2) is 12.7. The molecular formula is C22H35NO2S4. The lowest BCUT2D eigenvalue weighted by Gasteiger charge is -2.31. The van der Waals surface area contributed by atoms with Crippen LogP contribution >= 0.6 is 47.0 Å². The number of ether oxygens (including phenoxy) is 1. The minimum Gasteiger partial charge on any atom is -0.497 e. The van der Waals surface area contributed by atoms with E-state index in [1.165, 1.54) is 0 Å². The van der Waals surface area contributed by atoms with Crippen molar-refractivity contribution in [2.45, 2.75) is 62.2 Å². The number of hydrogen-bond acceptors (Lipinski definition) is 6. The highest BCUT2D eigenvalue weighted by Gasteiger charge is 2.53. The highest BCUT2D eigenvalue weighted by atomic mass is 32.2. The predicted molar refractivity (Wildman–Crippen MR) is 137 cm³/mol. The molecule has 1 aromatic carbocycles. The van der Waals surface area contributed by atoms with Crippen LogP contribution in [0.25, 0.3) is 0 Å². The molecule has 1 aliphatic rings. The van der Waals surface area contributed by atoms with Crippen LogP contribution in [0.3, 0.4) is 0 Å². The maximum absolute atomic E-state index is 14.1. The number of thioether (sulfide) groups is 4. The third-order valence-electron chi connectivity index (χ3n) is 4.48. The molecule has 7 heteroatoms. The van der Waals surface area contributed by atoms with Gasteiger partial charge in [0.15, 0.2) is 4.08 Å². The lowest BCUT2D eigenvalue weighted by atomic mass is 10.1. The Kier molecular flexibility index (Phi) is 11.0. The van der Waals surface area contributed by atoms with Crippen LogP contribution in [0.4, 0.5) is 5.69 Å². The van der Waals surface area contributed by atoms with Gasteiger partial charge in [-0.25, -0.2) is 0 Å². The molecule has 0 saturated heterocycles. The number of amides is 1. The van der Waals surface area contributed by atoms with E-state index in [4.69, 9.17) is 4.74 Å². The highest BCUT2D eigenvalue weighted by Crippen LogP contribution is 2.58. The van der Waals surface area contributed by atoms with Crippen LogP contribution in [-0.2, 0) is 8.87 Å². The number of carbonyl (C=O) groups is 1. The average molecular weight is 474 g/mol. The summed E-state index contributed by atoms with van der Waals surface area (Å²) in [6.45, 7) is 8.79. The van der Waals surface area contributed by atoms with Crippen LogP contribution < -0.4 is 9.64 Å². The van der Waals surface area contributed by atoms with Gasteiger partial charge in [-0.2, -0.15) is 0 Å². The van der Waals surface area contributed by atoms with E-state index >= 15 is 0 Å². The fraction of sp³-hybridized carbons (Fsp3) is 0.682. The van der Waals surface area contributed by atoms with Gasteiger partial charge in [0.1, 0.15) is 10.5 Å². The fourth-order valence-corrected chi connectivity index (χ4v) is 8.63. The lowest BCUT2D eigenvalue weighted by molar-refractivity contribution is -0.118. The van der Waals surface area contributed by atoms with Gasteiger partial charge in [-0.05, 0) is 54.8 Å². The van der Waals surface area contributed by atoms with Crippen molar-refractivity contribution >= 4 is 58.6 Å². The molecule has 29 heavy (non-hydrogen) atoms. The van der Waals surface area contributed by atoms with Crippen LogP contribution in [0.15, 0.2) is 18.2 Å². The molecule has 0 fully saturated rings. The number of benzene rings is 1. The zero-order valence-electron chi connectivity index (χ0n) is 18.4. The summed E-state index contributed by atoms with van der Waals surface area (Å²) in [7, 11) is 1.70. The maximum Gasteiger partial charge on any atom is 0.259 e. The fourth-order valence-electron chi connectivity index (χ4n) is 3.16. The molecule has 3 nitrogen and oxygen atoms in total. The van der Waals surface area contributed by atoms with E-state index < -0.39 is 4.08 Å². The summed E-state index contributed by atoms with van der Waals surface area (Å²) in [6.07, 6.45) is 4.36. The summed E-state index contributed by atoms with van der Waals surface area (Å²) < 4.78 is 5.10. The van der Waals surface area contributed by atoms with Crippen LogP contribution in [0, 0.1) is 0 Å². The molecule has 1 aromatic rings. The Morgan fingerprint density at radius 3 is 1.97 bits per heavy atom. The molecule has 1 amide bonds. The van der Waals surface area contributed by atoms with Crippen molar-refractivity contribution in [3.05, 3.63) is 23.8 Å². The monoisotopic (exact) mass is 473 g/mol. The summed E-state index contributed by atoms with van der Waals surface area (Å²) in [5.74, 6) is 5.14. The first-order valence-corrected chi connectivity index (χ1v) is 14.7. The Labute approximate surface area is 194 Å². The minimum atomic E-state index is -0.536. The normalized spacial score (nSPS) is 15.2. The Balaban J connectivity index is 2.54. The second-order valence-corrected chi connectivity index (χ2v) is 12.5. The minimum absolute atomic E-state index is 0.111. The molecule has 0 saturated carbocycles. The molecule has 2 rings (SSSR count). The van der Waals surface area contributed by atoms with Crippen LogP contribution in [0.1, 0.15) is 58.9 Å². The third-order valence-corrected chi connectivity index (χ3v) is 11.1. The van der Waals surface area contributed by atoms with E-state index in [9.17, 15) is 4.79 Å². The van der Waals surface area contributed by atoms with E-state index in [0.717, 1.165) is 65.7 Å². The topological polar surface area (TPSA) is 29.5 Å². The first-order chi connectivity index (χ1) is 14.1. The van der Waals surface area contributed by atoms with Crippen molar-refractivity contribution in [3.63, 3.8) is 0 Å². The van der Waals surface area contributed by atoms with E-state index in [1.807, 2.05) is 53.1 Å². The predicted octanol–water partition coefficient (Wildman–Crippen LogP) is 7.05. The van der Waals surface area contributed by atoms with Gasteiger partial charge < -0.3 is 4.74 Å². The molecule has 0 radical (unpaired) electrons. The van der Waals surface area contributed by atoms with Gasteiger partial charge in [0.05, 0.1) is 12.8 Å². The lowest BCUT2D eigenvalue weighted by Crippen LogP contribution is -2.40. The molecule has 0 spiro atoms. The van der Waals surface area contributed by atoms with Gasteiger partial charge >= 0.3 is 0 Å². The van der Waals surface area contributed by atoms with Gasteiger partial charge in [0.25, 0.3) is 5.91 Å². The summed E-state index contributed by atoms with van der Waals surface area (Å²) in [6, 6.07) is 6.21. The summed E-state index contributed by atoms with van der Waals surface area (Å²) in [5, 5.41) is 0. The maximum atomic E-state index is 14.1. The molecule has 1 aliphatic heterocycles. The summed E-state index contributed by atoms with van der Waals surface area (Å²) in [5.41, 5.74) is 2.19. The summed E-state index contributed by atoms with van der Waals surface area (Å²) >= 11 is 7.43. The first-order valence-electron chi connectivity index (χ1n) is 10.6. The molecule has 0 N–H and O–H groups in total. The Morgan fingerprint density at radius 1 is 0.931 bits per heavy atom. The second-order valence-electron chi connectivity index (χ2n) is 6.92. The molecule has 0 aliphatic carbocycles. The van der Waals surface area contributed by atoms with Gasteiger partial charge in [0.2, 0.25) is 0 Å². The van der Waals surface area contributed by atoms with E-state index in [2.05, 4.69) is 44.7 Å². The molecule has 0 unspecified atom stereocenters.